The highest BCUT2D eigenvalue weighted by molar-refractivity contribution is 5.94. The third-order valence-corrected chi connectivity index (χ3v) is 4.68. The van der Waals surface area contributed by atoms with Crippen molar-refractivity contribution >= 4 is 5.91 Å². The lowest BCUT2D eigenvalue weighted by Crippen LogP contribution is -2.43. The summed E-state index contributed by atoms with van der Waals surface area (Å²) in [5.41, 5.74) is 4.28. The Bertz CT molecular complexity index is 706. The molecular formula is C21H26N2O2. The van der Waals surface area contributed by atoms with E-state index in [0.717, 1.165) is 31.9 Å². The van der Waals surface area contributed by atoms with Crippen molar-refractivity contribution in [1.29, 1.82) is 0 Å². The van der Waals surface area contributed by atoms with Gasteiger partial charge < -0.3 is 10.1 Å². The molecule has 132 valence electrons. The van der Waals surface area contributed by atoms with Crippen molar-refractivity contribution in [2.45, 2.75) is 19.9 Å². The fraction of sp³-hybridized carbons (Fsp3) is 0.381. The number of aryl methyl sites for hydroxylation is 2. The summed E-state index contributed by atoms with van der Waals surface area (Å²) in [6.45, 7) is 7.95. The summed E-state index contributed by atoms with van der Waals surface area (Å²) in [4.78, 5) is 14.9. The van der Waals surface area contributed by atoms with Crippen molar-refractivity contribution in [1.82, 2.24) is 10.2 Å². The van der Waals surface area contributed by atoms with E-state index in [4.69, 9.17) is 4.74 Å². The van der Waals surface area contributed by atoms with Crippen LogP contribution in [0.25, 0.3) is 0 Å². The number of ether oxygens (including phenoxy) is 1. The fourth-order valence-electron chi connectivity index (χ4n) is 3.21. The molecule has 2 aromatic carbocycles. The maximum Gasteiger partial charge on any atom is 0.251 e. The first-order chi connectivity index (χ1) is 12.1. The number of benzene rings is 2. The Hall–Kier alpha value is -2.17. The molecule has 1 N–H and O–H groups in total. The monoisotopic (exact) mass is 338 g/mol. The molecule has 4 nitrogen and oxygen atoms in total. The number of amides is 1. The molecule has 1 fully saturated rings. The summed E-state index contributed by atoms with van der Waals surface area (Å²) in [5, 5.41) is 3.12. The summed E-state index contributed by atoms with van der Waals surface area (Å²) in [6, 6.07) is 16.4. The Kier molecular flexibility index (Phi) is 5.84. The van der Waals surface area contributed by atoms with E-state index in [1.54, 1.807) is 0 Å². The first-order valence-corrected chi connectivity index (χ1v) is 8.87. The number of nitrogens with zero attached hydrogens (tertiary/aromatic N) is 1. The van der Waals surface area contributed by atoms with Gasteiger partial charge in [0.25, 0.3) is 5.91 Å². The molecule has 0 saturated carbocycles. The van der Waals surface area contributed by atoms with Gasteiger partial charge >= 0.3 is 0 Å². The van der Waals surface area contributed by atoms with Crippen molar-refractivity contribution < 1.29 is 9.53 Å². The normalized spacial score (nSPS) is 16.4. The summed E-state index contributed by atoms with van der Waals surface area (Å²) in [5.74, 6) is -0.0194. The SMILES string of the molecule is Cc1ccc([C@@H](CNC(=O)c2cccc(C)c2)N2CCOCC2)cc1. The molecule has 1 atom stereocenters. The van der Waals surface area contributed by atoms with Gasteiger partial charge in [-0.15, -0.1) is 0 Å². The molecule has 1 amide bonds. The molecule has 4 heteroatoms. The Morgan fingerprint density at radius 1 is 1.08 bits per heavy atom. The van der Waals surface area contributed by atoms with E-state index in [1.807, 2.05) is 31.2 Å². The largest absolute Gasteiger partial charge is 0.379 e. The van der Waals surface area contributed by atoms with Crippen LogP contribution < -0.4 is 5.32 Å². The Labute approximate surface area is 149 Å². The molecule has 2 aromatic rings. The maximum atomic E-state index is 12.5. The molecule has 3 rings (SSSR count). The summed E-state index contributed by atoms with van der Waals surface area (Å²) in [6.07, 6.45) is 0. The van der Waals surface area contributed by atoms with Crippen molar-refractivity contribution in [2.75, 3.05) is 32.8 Å². The van der Waals surface area contributed by atoms with E-state index in [-0.39, 0.29) is 11.9 Å². The van der Waals surface area contributed by atoms with Gasteiger partial charge in [-0.25, -0.2) is 0 Å². The van der Waals surface area contributed by atoms with E-state index < -0.39 is 0 Å². The van der Waals surface area contributed by atoms with E-state index in [0.29, 0.717) is 12.1 Å². The van der Waals surface area contributed by atoms with Crippen LogP contribution in [0.15, 0.2) is 48.5 Å². The smallest absolute Gasteiger partial charge is 0.251 e. The van der Waals surface area contributed by atoms with Gasteiger partial charge in [-0.2, -0.15) is 0 Å². The summed E-state index contributed by atoms with van der Waals surface area (Å²) >= 11 is 0. The standard InChI is InChI=1S/C21H26N2O2/c1-16-6-8-18(9-7-16)20(23-10-12-25-13-11-23)15-22-21(24)19-5-3-4-17(2)14-19/h3-9,14,20H,10-13,15H2,1-2H3,(H,22,24)/t20-/m1/s1. The van der Waals surface area contributed by atoms with Crippen molar-refractivity contribution in [3.8, 4) is 0 Å². The highest BCUT2D eigenvalue weighted by Gasteiger charge is 2.23. The number of carbonyl (C=O) groups is 1. The Balaban J connectivity index is 1.73. The highest BCUT2D eigenvalue weighted by atomic mass is 16.5. The highest BCUT2D eigenvalue weighted by Crippen LogP contribution is 2.22. The maximum absolute atomic E-state index is 12.5. The fourth-order valence-corrected chi connectivity index (χ4v) is 3.21. The molecule has 0 aromatic heterocycles. The summed E-state index contributed by atoms with van der Waals surface area (Å²) < 4.78 is 5.48. The third kappa shape index (κ3) is 4.68. The van der Waals surface area contributed by atoms with Gasteiger partial charge in [0.2, 0.25) is 0 Å². The molecule has 0 spiro atoms. The topological polar surface area (TPSA) is 41.6 Å². The van der Waals surface area contributed by atoms with Gasteiger partial charge in [0.1, 0.15) is 0 Å². The van der Waals surface area contributed by atoms with Crippen LogP contribution in [0, 0.1) is 13.8 Å². The van der Waals surface area contributed by atoms with Crippen LogP contribution in [0.3, 0.4) is 0 Å². The molecule has 1 aliphatic rings. The van der Waals surface area contributed by atoms with Gasteiger partial charge in [0.15, 0.2) is 0 Å². The van der Waals surface area contributed by atoms with Crippen LogP contribution in [-0.2, 0) is 4.74 Å². The number of nitrogens with one attached hydrogen (secondary N) is 1. The minimum Gasteiger partial charge on any atom is -0.379 e. The minimum absolute atomic E-state index is 0.0194. The number of carbonyl (C=O) groups excluding carboxylic acids is 1. The second kappa shape index (κ2) is 8.28. The average molecular weight is 338 g/mol. The van der Waals surface area contributed by atoms with Crippen molar-refractivity contribution in [3.05, 3.63) is 70.8 Å². The van der Waals surface area contributed by atoms with Crippen LogP contribution in [0.5, 0.6) is 0 Å². The van der Waals surface area contributed by atoms with E-state index in [2.05, 4.69) is 41.4 Å². The molecule has 0 aliphatic carbocycles. The van der Waals surface area contributed by atoms with Crippen LogP contribution in [-0.4, -0.2) is 43.7 Å². The molecule has 0 radical (unpaired) electrons. The van der Waals surface area contributed by atoms with Crippen LogP contribution in [0.2, 0.25) is 0 Å². The molecule has 1 saturated heterocycles. The predicted molar refractivity (Wildman–Crippen MR) is 99.8 cm³/mol. The predicted octanol–water partition coefficient (Wildman–Crippen LogP) is 3.11. The van der Waals surface area contributed by atoms with Crippen LogP contribution in [0.4, 0.5) is 0 Å². The molecular weight excluding hydrogens is 312 g/mol. The van der Waals surface area contributed by atoms with Gasteiger partial charge in [-0.05, 0) is 31.5 Å². The van der Waals surface area contributed by atoms with E-state index in [9.17, 15) is 4.79 Å². The number of hydrogen-bond acceptors (Lipinski definition) is 3. The zero-order valence-corrected chi connectivity index (χ0v) is 15.0. The molecule has 25 heavy (non-hydrogen) atoms. The van der Waals surface area contributed by atoms with E-state index >= 15 is 0 Å². The molecule has 0 bridgehead atoms. The quantitative estimate of drug-likeness (QED) is 0.911. The Morgan fingerprint density at radius 3 is 2.48 bits per heavy atom. The lowest BCUT2D eigenvalue weighted by atomic mass is 10.0. The van der Waals surface area contributed by atoms with Gasteiger partial charge in [0, 0.05) is 25.2 Å². The third-order valence-electron chi connectivity index (χ3n) is 4.68. The first-order valence-electron chi connectivity index (χ1n) is 8.87. The average Bonchev–Trinajstić information content (AvgIpc) is 2.64. The summed E-state index contributed by atoms with van der Waals surface area (Å²) in [7, 11) is 0. The van der Waals surface area contributed by atoms with Crippen molar-refractivity contribution in [3.63, 3.8) is 0 Å². The second-order valence-corrected chi connectivity index (χ2v) is 6.65. The minimum atomic E-state index is -0.0194. The van der Waals surface area contributed by atoms with Gasteiger partial charge in [0.05, 0.1) is 19.3 Å². The lowest BCUT2D eigenvalue weighted by Gasteiger charge is -2.35. The Morgan fingerprint density at radius 2 is 1.80 bits per heavy atom. The first kappa shape index (κ1) is 17.6. The zero-order chi connectivity index (χ0) is 17.6. The number of morpholine rings is 1. The second-order valence-electron chi connectivity index (χ2n) is 6.65. The number of hydrogen-bond donors (Lipinski definition) is 1. The van der Waals surface area contributed by atoms with Gasteiger partial charge in [-0.3, -0.25) is 9.69 Å². The molecule has 1 heterocycles. The van der Waals surface area contributed by atoms with Gasteiger partial charge in [-0.1, -0.05) is 47.5 Å². The van der Waals surface area contributed by atoms with Crippen molar-refractivity contribution in [2.24, 2.45) is 0 Å². The number of rotatable bonds is 5. The lowest BCUT2D eigenvalue weighted by molar-refractivity contribution is 0.0162. The van der Waals surface area contributed by atoms with E-state index in [1.165, 1.54) is 11.1 Å². The van der Waals surface area contributed by atoms with Crippen LogP contribution >= 0.6 is 0 Å². The molecule has 0 unspecified atom stereocenters. The molecule has 1 aliphatic heterocycles. The zero-order valence-electron chi connectivity index (χ0n) is 15.0. The van der Waals surface area contributed by atoms with Crippen LogP contribution in [0.1, 0.15) is 33.1 Å².